The number of nitrogens with zero attached hydrogens (tertiary/aromatic N) is 1. The van der Waals surface area contributed by atoms with Gasteiger partial charge in [-0.2, -0.15) is 0 Å². The molecule has 3 aromatic rings. The van der Waals surface area contributed by atoms with Gasteiger partial charge in [0.1, 0.15) is 0 Å². The van der Waals surface area contributed by atoms with Crippen LogP contribution in [0, 0.1) is 5.41 Å². The van der Waals surface area contributed by atoms with E-state index in [1.54, 1.807) is 0 Å². The monoisotopic (exact) mass is 376 g/mol. The first-order valence-corrected chi connectivity index (χ1v) is 9.61. The minimum Gasteiger partial charge on any atom is -0.396 e. The molecule has 1 aromatic heterocycles. The molecule has 1 amide bonds. The Hall–Kier alpha value is -2.76. The molecule has 1 aliphatic heterocycles. The first-order valence-electron chi connectivity index (χ1n) is 9.61. The molecule has 0 saturated carbocycles. The van der Waals surface area contributed by atoms with Crippen LogP contribution in [0.2, 0.25) is 0 Å². The normalized spacial score (nSPS) is 16.0. The zero-order valence-electron chi connectivity index (χ0n) is 15.7. The number of aliphatic hydroxyl groups is 1. The van der Waals surface area contributed by atoms with Crippen LogP contribution in [-0.2, 0) is 4.74 Å². The Morgan fingerprint density at radius 2 is 1.82 bits per heavy atom. The number of aliphatic hydroxyl groups excluding tert-OH is 1. The van der Waals surface area contributed by atoms with Crippen LogP contribution >= 0.6 is 0 Å². The second-order valence-corrected chi connectivity index (χ2v) is 7.44. The van der Waals surface area contributed by atoms with Crippen molar-refractivity contribution in [1.29, 1.82) is 0 Å². The minimum absolute atomic E-state index is 0.0592. The van der Waals surface area contributed by atoms with Gasteiger partial charge in [-0.1, -0.05) is 36.4 Å². The highest BCUT2D eigenvalue weighted by molar-refractivity contribution is 5.97. The summed E-state index contributed by atoms with van der Waals surface area (Å²) in [5.74, 6) is -0.123. The lowest BCUT2D eigenvalue weighted by Crippen LogP contribution is -2.43. The molecule has 1 fully saturated rings. The quantitative estimate of drug-likeness (QED) is 0.716. The van der Waals surface area contributed by atoms with Gasteiger partial charge < -0.3 is 15.2 Å². The summed E-state index contributed by atoms with van der Waals surface area (Å²) in [4.78, 5) is 16.9. The summed E-state index contributed by atoms with van der Waals surface area (Å²) in [6, 6.07) is 15.7. The van der Waals surface area contributed by atoms with Gasteiger partial charge in [0.05, 0.1) is 6.61 Å². The second-order valence-electron chi connectivity index (χ2n) is 7.44. The molecule has 28 heavy (non-hydrogen) atoms. The lowest BCUT2D eigenvalue weighted by Gasteiger charge is -2.35. The van der Waals surface area contributed by atoms with Crippen LogP contribution in [0.1, 0.15) is 23.2 Å². The van der Waals surface area contributed by atoms with E-state index in [1.807, 2.05) is 54.9 Å². The number of ether oxygens (including phenoxy) is 1. The Morgan fingerprint density at radius 3 is 2.57 bits per heavy atom. The number of rotatable bonds is 5. The fraction of sp³-hybridized carbons (Fsp3) is 0.304. The molecule has 0 radical (unpaired) electrons. The number of pyridine rings is 1. The number of hydrogen-bond acceptors (Lipinski definition) is 4. The van der Waals surface area contributed by atoms with Crippen molar-refractivity contribution in [2.75, 3.05) is 26.4 Å². The smallest absolute Gasteiger partial charge is 0.251 e. The van der Waals surface area contributed by atoms with E-state index in [0.29, 0.717) is 25.3 Å². The third-order valence-corrected chi connectivity index (χ3v) is 5.64. The number of benzene rings is 2. The predicted molar refractivity (Wildman–Crippen MR) is 109 cm³/mol. The largest absolute Gasteiger partial charge is 0.396 e. The zero-order chi connectivity index (χ0) is 19.4. The zero-order valence-corrected chi connectivity index (χ0v) is 15.7. The van der Waals surface area contributed by atoms with E-state index in [-0.39, 0.29) is 17.9 Å². The average molecular weight is 376 g/mol. The van der Waals surface area contributed by atoms with Gasteiger partial charge in [-0.3, -0.25) is 9.78 Å². The summed E-state index contributed by atoms with van der Waals surface area (Å²) in [6.45, 7) is 1.78. The van der Waals surface area contributed by atoms with E-state index in [9.17, 15) is 9.90 Å². The Kier molecular flexibility index (Phi) is 5.37. The maximum atomic E-state index is 12.6. The van der Waals surface area contributed by atoms with Gasteiger partial charge in [0.15, 0.2) is 0 Å². The third-order valence-electron chi connectivity index (χ3n) is 5.64. The molecule has 2 N–H and O–H groups in total. The molecule has 2 aromatic carbocycles. The van der Waals surface area contributed by atoms with Crippen LogP contribution in [0.5, 0.6) is 0 Å². The van der Waals surface area contributed by atoms with Gasteiger partial charge in [-0.15, -0.1) is 0 Å². The summed E-state index contributed by atoms with van der Waals surface area (Å²) in [5.41, 5.74) is 2.41. The molecule has 4 rings (SSSR count). The van der Waals surface area contributed by atoms with Crippen molar-refractivity contribution in [2.24, 2.45) is 5.41 Å². The number of carbonyl (C=O) groups is 1. The maximum absolute atomic E-state index is 12.6. The van der Waals surface area contributed by atoms with Crippen molar-refractivity contribution in [2.45, 2.75) is 12.8 Å². The van der Waals surface area contributed by atoms with Crippen molar-refractivity contribution in [3.8, 4) is 11.1 Å². The van der Waals surface area contributed by atoms with Gasteiger partial charge in [-0.05, 0) is 35.9 Å². The molecule has 5 nitrogen and oxygen atoms in total. The van der Waals surface area contributed by atoms with E-state index >= 15 is 0 Å². The van der Waals surface area contributed by atoms with Crippen LogP contribution < -0.4 is 5.32 Å². The van der Waals surface area contributed by atoms with Crippen LogP contribution in [0.3, 0.4) is 0 Å². The van der Waals surface area contributed by atoms with Crippen LogP contribution in [0.25, 0.3) is 21.9 Å². The van der Waals surface area contributed by atoms with Crippen LogP contribution in [-0.4, -0.2) is 42.4 Å². The summed E-state index contributed by atoms with van der Waals surface area (Å²) < 4.78 is 5.37. The third kappa shape index (κ3) is 3.77. The number of carbonyl (C=O) groups excluding carboxylic acids is 1. The predicted octanol–water partition coefficient (Wildman–Crippen LogP) is 3.42. The molecule has 5 heteroatoms. The number of amides is 1. The highest BCUT2D eigenvalue weighted by Gasteiger charge is 2.32. The first kappa shape index (κ1) is 18.6. The van der Waals surface area contributed by atoms with Crippen molar-refractivity contribution >= 4 is 16.7 Å². The molecule has 0 spiro atoms. The highest BCUT2D eigenvalue weighted by atomic mass is 16.5. The van der Waals surface area contributed by atoms with Crippen molar-refractivity contribution < 1.29 is 14.6 Å². The molecule has 1 aliphatic rings. The first-order chi connectivity index (χ1) is 13.7. The Labute approximate surface area is 164 Å². The molecular formula is C23H24N2O3. The lowest BCUT2D eigenvalue weighted by molar-refractivity contribution is -0.0146. The van der Waals surface area contributed by atoms with E-state index in [0.717, 1.165) is 34.7 Å². The van der Waals surface area contributed by atoms with Crippen LogP contribution in [0.4, 0.5) is 0 Å². The topological polar surface area (TPSA) is 71.5 Å². The Morgan fingerprint density at radius 1 is 1.07 bits per heavy atom. The van der Waals surface area contributed by atoms with Gasteiger partial charge >= 0.3 is 0 Å². The van der Waals surface area contributed by atoms with E-state index in [2.05, 4.69) is 16.4 Å². The number of fused-ring (bicyclic) bond motifs is 1. The molecule has 1 saturated heterocycles. The Balaban J connectivity index is 1.49. The molecule has 2 heterocycles. The Bertz CT molecular complexity index is 958. The van der Waals surface area contributed by atoms with Crippen LogP contribution in [0.15, 0.2) is 60.9 Å². The second kappa shape index (κ2) is 8.09. The van der Waals surface area contributed by atoms with Crippen molar-refractivity contribution in [1.82, 2.24) is 10.3 Å². The van der Waals surface area contributed by atoms with E-state index in [4.69, 9.17) is 4.74 Å². The van der Waals surface area contributed by atoms with Gasteiger partial charge in [0.25, 0.3) is 5.91 Å². The van der Waals surface area contributed by atoms with Gasteiger partial charge in [0.2, 0.25) is 0 Å². The van der Waals surface area contributed by atoms with Crippen molar-refractivity contribution in [3.05, 3.63) is 66.5 Å². The SMILES string of the molecule is O=C(NCC1(CO)CCOCC1)c1ccc(-c2cncc3ccccc23)cc1. The summed E-state index contributed by atoms with van der Waals surface area (Å²) in [6.07, 6.45) is 5.23. The molecule has 0 atom stereocenters. The summed E-state index contributed by atoms with van der Waals surface area (Å²) in [5, 5.41) is 15.0. The molecule has 0 bridgehead atoms. The van der Waals surface area contributed by atoms with E-state index < -0.39 is 0 Å². The highest BCUT2D eigenvalue weighted by Crippen LogP contribution is 2.30. The molecule has 0 unspecified atom stereocenters. The fourth-order valence-corrected chi connectivity index (χ4v) is 3.71. The minimum atomic E-state index is -0.275. The average Bonchev–Trinajstić information content (AvgIpc) is 2.78. The van der Waals surface area contributed by atoms with Crippen molar-refractivity contribution in [3.63, 3.8) is 0 Å². The van der Waals surface area contributed by atoms with Gasteiger partial charge in [0, 0.05) is 54.1 Å². The molecule has 0 aliphatic carbocycles. The maximum Gasteiger partial charge on any atom is 0.251 e. The molecular weight excluding hydrogens is 352 g/mol. The molecule has 144 valence electrons. The van der Waals surface area contributed by atoms with E-state index in [1.165, 1.54) is 0 Å². The fourth-order valence-electron chi connectivity index (χ4n) is 3.71. The van der Waals surface area contributed by atoms with Gasteiger partial charge in [-0.25, -0.2) is 0 Å². The summed E-state index contributed by atoms with van der Waals surface area (Å²) in [7, 11) is 0. The number of aromatic nitrogens is 1. The standard InChI is InChI=1S/C23H24N2O3/c26-16-23(9-11-28-12-10-23)15-25-22(27)18-7-5-17(6-8-18)21-14-24-13-19-3-1-2-4-20(19)21/h1-8,13-14,26H,9-12,15-16H2,(H,25,27). The number of nitrogens with one attached hydrogen (secondary N) is 1. The summed E-state index contributed by atoms with van der Waals surface area (Å²) >= 11 is 0. The lowest BCUT2D eigenvalue weighted by atomic mass is 9.81. The number of hydrogen-bond donors (Lipinski definition) is 2.